The zero-order valence-corrected chi connectivity index (χ0v) is 12.6. The molecule has 0 saturated carbocycles. The van der Waals surface area contributed by atoms with Crippen molar-refractivity contribution in [2.24, 2.45) is 5.92 Å². The molecule has 0 N–H and O–H groups in total. The lowest BCUT2D eigenvalue weighted by molar-refractivity contribution is -0.0537. The molecule has 0 amide bonds. The maximum atomic E-state index is 12.1. The van der Waals surface area contributed by atoms with Crippen LogP contribution in [0.5, 0.6) is 0 Å². The van der Waals surface area contributed by atoms with Crippen LogP contribution in [-0.4, -0.2) is 5.60 Å². The van der Waals surface area contributed by atoms with Crippen molar-refractivity contribution in [3.05, 3.63) is 0 Å². The van der Waals surface area contributed by atoms with Crippen LogP contribution in [-0.2, 0) is 5.11 Å². The fraction of sp³-hybridized carbons (Fsp3) is 1.00. The molecule has 0 spiro atoms. The molecule has 0 aliphatic rings. The number of rotatable bonds is 11. The van der Waals surface area contributed by atoms with Crippen LogP contribution in [0.3, 0.4) is 0 Å². The van der Waals surface area contributed by atoms with E-state index in [4.69, 9.17) is 0 Å². The second-order valence-corrected chi connectivity index (χ2v) is 6.00. The predicted molar refractivity (Wildman–Crippen MR) is 75.8 cm³/mol. The molecule has 0 aromatic carbocycles. The fourth-order valence-electron chi connectivity index (χ4n) is 2.46. The van der Waals surface area contributed by atoms with Crippen LogP contribution in [0.15, 0.2) is 0 Å². The van der Waals surface area contributed by atoms with Gasteiger partial charge in [0.25, 0.3) is 0 Å². The van der Waals surface area contributed by atoms with Crippen molar-refractivity contribution in [1.29, 1.82) is 0 Å². The molecular weight excluding hydrogens is 208 g/mol. The first-order valence-corrected chi connectivity index (χ1v) is 7.72. The third-order valence-electron chi connectivity index (χ3n) is 3.80. The second kappa shape index (κ2) is 9.94. The van der Waals surface area contributed by atoms with Crippen LogP contribution >= 0.6 is 0 Å². The Hall–Kier alpha value is -0.0400. The van der Waals surface area contributed by atoms with Gasteiger partial charge in [-0.2, -0.15) is 0 Å². The molecule has 1 radical (unpaired) electrons. The molecule has 0 rings (SSSR count). The summed E-state index contributed by atoms with van der Waals surface area (Å²) in [6.45, 7) is 8.19. The van der Waals surface area contributed by atoms with E-state index in [1.54, 1.807) is 0 Å². The number of hydrogen-bond donors (Lipinski definition) is 0. The number of unbranched alkanes of at least 4 members (excludes halogenated alkanes) is 6. The summed E-state index contributed by atoms with van der Waals surface area (Å²) in [6.07, 6.45) is 12.7. The van der Waals surface area contributed by atoms with E-state index in [2.05, 4.69) is 13.8 Å². The van der Waals surface area contributed by atoms with Crippen LogP contribution in [0, 0.1) is 5.92 Å². The summed E-state index contributed by atoms with van der Waals surface area (Å²) in [5.41, 5.74) is -0.738. The Balaban J connectivity index is 3.69. The van der Waals surface area contributed by atoms with E-state index in [1.807, 2.05) is 13.8 Å². The van der Waals surface area contributed by atoms with E-state index in [9.17, 15) is 5.11 Å². The quantitative estimate of drug-likeness (QED) is 0.410. The Labute approximate surface area is 109 Å². The van der Waals surface area contributed by atoms with Crippen molar-refractivity contribution in [2.45, 2.75) is 97.5 Å². The zero-order valence-electron chi connectivity index (χ0n) is 12.6. The third-order valence-corrected chi connectivity index (χ3v) is 3.80. The van der Waals surface area contributed by atoms with Crippen molar-refractivity contribution < 1.29 is 5.11 Å². The molecule has 0 bridgehead atoms. The highest BCUT2D eigenvalue weighted by Gasteiger charge is 2.27. The van der Waals surface area contributed by atoms with E-state index >= 15 is 0 Å². The standard InChI is InChI=1S/C16H33O/c1-5-7-9-10-11-12-14-15(13-8-6-2)16(3,4)17/h15H,5-14H2,1-4H3. The van der Waals surface area contributed by atoms with Gasteiger partial charge in [-0.1, -0.05) is 65.2 Å². The Morgan fingerprint density at radius 2 is 1.24 bits per heavy atom. The van der Waals surface area contributed by atoms with Gasteiger partial charge in [-0.15, -0.1) is 0 Å². The minimum atomic E-state index is -0.738. The lowest BCUT2D eigenvalue weighted by Gasteiger charge is -2.27. The van der Waals surface area contributed by atoms with Crippen molar-refractivity contribution in [3.8, 4) is 0 Å². The molecule has 0 aliphatic heterocycles. The van der Waals surface area contributed by atoms with Gasteiger partial charge in [0.05, 0.1) is 0 Å². The fourth-order valence-corrected chi connectivity index (χ4v) is 2.46. The summed E-state index contributed by atoms with van der Waals surface area (Å²) >= 11 is 0. The molecule has 0 fully saturated rings. The first kappa shape index (κ1) is 17.0. The van der Waals surface area contributed by atoms with Gasteiger partial charge in [0.2, 0.25) is 0 Å². The van der Waals surface area contributed by atoms with E-state index < -0.39 is 5.60 Å². The molecule has 0 aromatic rings. The molecule has 1 atom stereocenters. The summed E-state index contributed by atoms with van der Waals surface area (Å²) in [6, 6.07) is 0. The summed E-state index contributed by atoms with van der Waals surface area (Å²) in [5, 5.41) is 12.1. The van der Waals surface area contributed by atoms with Crippen molar-refractivity contribution >= 4 is 0 Å². The Kier molecular flexibility index (Phi) is 9.91. The smallest absolute Gasteiger partial charge is 0.101 e. The highest BCUT2D eigenvalue weighted by atomic mass is 16.3. The van der Waals surface area contributed by atoms with Crippen LogP contribution in [0.1, 0.15) is 91.9 Å². The van der Waals surface area contributed by atoms with Crippen LogP contribution in [0.2, 0.25) is 0 Å². The molecule has 1 nitrogen and oxygen atoms in total. The van der Waals surface area contributed by atoms with Gasteiger partial charge in [-0.3, -0.25) is 0 Å². The molecule has 103 valence electrons. The van der Waals surface area contributed by atoms with E-state index in [0.29, 0.717) is 5.92 Å². The van der Waals surface area contributed by atoms with E-state index in [-0.39, 0.29) is 0 Å². The highest BCUT2D eigenvalue weighted by Crippen LogP contribution is 2.28. The van der Waals surface area contributed by atoms with Crippen molar-refractivity contribution in [3.63, 3.8) is 0 Å². The largest absolute Gasteiger partial charge is 0.230 e. The number of hydrogen-bond acceptors (Lipinski definition) is 0. The topological polar surface area (TPSA) is 19.9 Å². The SMILES string of the molecule is CCCCCCCCC(CCCC)C(C)(C)[O]. The second-order valence-electron chi connectivity index (χ2n) is 6.00. The summed E-state index contributed by atoms with van der Waals surface area (Å²) in [7, 11) is 0. The van der Waals surface area contributed by atoms with Gasteiger partial charge in [0.15, 0.2) is 0 Å². The highest BCUT2D eigenvalue weighted by molar-refractivity contribution is 4.76. The van der Waals surface area contributed by atoms with Gasteiger partial charge in [-0.25, -0.2) is 5.11 Å². The van der Waals surface area contributed by atoms with Gasteiger partial charge in [0.1, 0.15) is 5.60 Å². The summed E-state index contributed by atoms with van der Waals surface area (Å²) < 4.78 is 0. The van der Waals surface area contributed by atoms with Crippen LogP contribution in [0.25, 0.3) is 0 Å². The van der Waals surface area contributed by atoms with Gasteiger partial charge in [0, 0.05) is 0 Å². The van der Waals surface area contributed by atoms with Crippen LogP contribution < -0.4 is 0 Å². The maximum Gasteiger partial charge on any atom is 0.101 e. The first-order chi connectivity index (χ1) is 8.02. The molecule has 1 heteroatoms. The summed E-state index contributed by atoms with van der Waals surface area (Å²) in [4.78, 5) is 0. The maximum absolute atomic E-state index is 12.1. The molecule has 17 heavy (non-hydrogen) atoms. The van der Waals surface area contributed by atoms with Gasteiger partial charge >= 0.3 is 0 Å². The lowest BCUT2D eigenvalue weighted by atomic mass is 9.82. The average Bonchev–Trinajstić information content (AvgIpc) is 2.25. The molecule has 0 aliphatic carbocycles. The Morgan fingerprint density at radius 3 is 1.76 bits per heavy atom. The van der Waals surface area contributed by atoms with E-state index in [1.165, 1.54) is 51.4 Å². The molecule has 0 aromatic heterocycles. The minimum Gasteiger partial charge on any atom is -0.230 e. The predicted octanol–water partition coefficient (Wildman–Crippen LogP) is 5.75. The molecular formula is C16H33O. The Bertz CT molecular complexity index is 157. The Morgan fingerprint density at radius 1 is 0.765 bits per heavy atom. The normalized spacial score (nSPS) is 13.9. The lowest BCUT2D eigenvalue weighted by Crippen LogP contribution is -2.29. The first-order valence-electron chi connectivity index (χ1n) is 7.72. The van der Waals surface area contributed by atoms with Crippen LogP contribution in [0.4, 0.5) is 0 Å². The van der Waals surface area contributed by atoms with Gasteiger partial charge in [-0.05, 0) is 32.6 Å². The minimum absolute atomic E-state index is 0.383. The van der Waals surface area contributed by atoms with Crippen molar-refractivity contribution in [2.75, 3.05) is 0 Å². The summed E-state index contributed by atoms with van der Waals surface area (Å²) in [5.74, 6) is 0.383. The average molecular weight is 241 g/mol. The molecule has 0 saturated heterocycles. The molecule has 0 heterocycles. The monoisotopic (exact) mass is 241 g/mol. The van der Waals surface area contributed by atoms with E-state index in [0.717, 1.165) is 12.8 Å². The third kappa shape index (κ3) is 9.64. The zero-order chi connectivity index (χ0) is 13.1. The van der Waals surface area contributed by atoms with Gasteiger partial charge < -0.3 is 0 Å². The van der Waals surface area contributed by atoms with Crippen molar-refractivity contribution in [1.82, 2.24) is 0 Å². The molecule has 1 unspecified atom stereocenters.